The summed E-state index contributed by atoms with van der Waals surface area (Å²) in [6.07, 6.45) is 0. The molecule has 0 saturated heterocycles. The predicted octanol–water partition coefficient (Wildman–Crippen LogP) is -4.25. The smallest absolute Gasteiger partial charge is 1.00 e. The summed E-state index contributed by atoms with van der Waals surface area (Å²) in [5.74, 6) is 0. The van der Waals surface area contributed by atoms with Crippen molar-refractivity contribution < 1.29 is 58.9 Å². The summed E-state index contributed by atoms with van der Waals surface area (Å²) in [5.41, 5.74) is 5.11. The van der Waals surface area contributed by atoms with E-state index in [4.69, 9.17) is 0 Å². The third kappa shape index (κ3) is 5.58. The molecule has 3 rings (SSSR count). The average molecular weight is 372 g/mol. The second kappa shape index (κ2) is 11.0. The minimum Gasteiger partial charge on any atom is -1.00 e. The summed E-state index contributed by atoms with van der Waals surface area (Å²) < 4.78 is 0. The van der Waals surface area contributed by atoms with Gasteiger partial charge >= 0.3 is 21.7 Å². The molecule has 3 aromatic rings. The van der Waals surface area contributed by atoms with Gasteiger partial charge in [0, 0.05) is 0 Å². The van der Waals surface area contributed by atoms with Crippen LogP contribution in [0.1, 0.15) is 0 Å². The minimum absolute atomic E-state index is 0. The molecule has 0 aromatic heterocycles. The Kier molecular flexibility index (Phi) is 11.9. The van der Waals surface area contributed by atoms with E-state index in [0.717, 1.165) is 0 Å². The fraction of sp³-hybridized carbons (Fsp3) is 0. The van der Waals surface area contributed by atoms with Gasteiger partial charge in [-0.15, -0.1) is 41.5 Å². The van der Waals surface area contributed by atoms with Crippen LogP contribution in [0.25, 0.3) is 22.3 Å². The third-order valence-corrected chi connectivity index (χ3v) is 2.97. The van der Waals surface area contributed by atoms with Crippen LogP contribution < -0.4 is 37.2 Å². The molecule has 0 saturated carbocycles. The first-order valence-corrected chi connectivity index (χ1v) is 5.81. The van der Waals surface area contributed by atoms with Gasteiger partial charge in [-0.25, -0.2) is 0 Å². The number of hydrogen-bond acceptors (Lipinski definition) is 0. The maximum Gasteiger partial charge on any atom is 4.00 e. The zero-order valence-corrected chi connectivity index (χ0v) is 15.0. The van der Waals surface area contributed by atoms with Gasteiger partial charge in [-0.2, -0.15) is 0 Å². The Hall–Kier alpha value is -0.626. The van der Waals surface area contributed by atoms with Crippen molar-refractivity contribution in [1.29, 1.82) is 0 Å². The Morgan fingerprint density at radius 2 is 1.10 bits per heavy atom. The molecule has 0 heterocycles. The molecule has 0 aliphatic carbocycles. The summed E-state index contributed by atoms with van der Waals surface area (Å²) >= 11 is 0. The van der Waals surface area contributed by atoms with Gasteiger partial charge in [0.2, 0.25) is 0 Å². The Morgan fingerprint density at radius 1 is 0.571 bits per heavy atom. The number of hydrogen-bond donors (Lipinski definition) is 0. The summed E-state index contributed by atoms with van der Waals surface area (Å²) in [7, 11) is 0. The van der Waals surface area contributed by atoms with E-state index in [0.29, 0.717) is 0 Å². The van der Waals surface area contributed by atoms with Crippen LogP contribution in [0.2, 0.25) is 0 Å². The monoisotopic (exact) mass is 370 g/mol. The van der Waals surface area contributed by atoms with Crippen molar-refractivity contribution in [3.05, 3.63) is 78.9 Å². The molecule has 0 radical (unpaired) electrons. The molecule has 0 aliphatic rings. The number of benzene rings is 2. The van der Waals surface area contributed by atoms with E-state index in [9.17, 15) is 0 Å². The molecule has 106 valence electrons. The Morgan fingerprint density at radius 3 is 1.67 bits per heavy atom. The molecule has 4 heteroatoms. The number of rotatable bonds is 2. The van der Waals surface area contributed by atoms with Crippen LogP contribution in [0.4, 0.5) is 0 Å². The second-order valence-electron chi connectivity index (χ2n) is 4.12. The fourth-order valence-electron chi connectivity index (χ4n) is 2.06. The van der Waals surface area contributed by atoms with Crippen LogP contribution in [0, 0.1) is 0 Å². The number of halogens is 3. The predicted molar refractivity (Wildman–Crippen MR) is 72.9 cm³/mol. The zero-order chi connectivity index (χ0) is 11.5. The van der Waals surface area contributed by atoms with Crippen LogP contribution >= 0.6 is 0 Å². The fourth-order valence-corrected chi connectivity index (χ4v) is 2.06. The van der Waals surface area contributed by atoms with Gasteiger partial charge in [-0.3, -0.25) is 0 Å². The topological polar surface area (TPSA) is 0 Å². The van der Waals surface area contributed by atoms with Crippen molar-refractivity contribution in [2.45, 2.75) is 0 Å². The molecule has 0 fully saturated rings. The molecule has 0 N–H and O–H groups in total. The van der Waals surface area contributed by atoms with Gasteiger partial charge in [0.25, 0.3) is 0 Å². The summed E-state index contributed by atoms with van der Waals surface area (Å²) in [5, 5.41) is 0. The second-order valence-corrected chi connectivity index (χ2v) is 4.12. The Balaban J connectivity index is 0. The van der Waals surface area contributed by atoms with E-state index in [1.165, 1.54) is 22.3 Å². The van der Waals surface area contributed by atoms with Crippen molar-refractivity contribution >= 4 is 0 Å². The minimum atomic E-state index is 0. The Bertz CT molecular complexity index is 552. The molecule has 0 unspecified atom stereocenters. The van der Waals surface area contributed by atoms with Crippen molar-refractivity contribution in [1.82, 2.24) is 0 Å². The maximum absolute atomic E-state index is 2.24. The molecule has 0 spiro atoms. The van der Waals surface area contributed by atoms with Gasteiger partial charge in [-0.05, 0) is 0 Å². The van der Waals surface area contributed by atoms with E-state index in [2.05, 4.69) is 66.7 Å². The SMILES string of the molecule is [Cl-].[Cl-].[Cl-].[Ti+4].c1ccc(-c2cc[c-](-c3ccccc3)c2)cc1. The molecule has 0 amide bonds. The normalized spacial score (nSPS) is 8.38. The summed E-state index contributed by atoms with van der Waals surface area (Å²) in [4.78, 5) is 0. The molecule has 0 aliphatic heterocycles. The van der Waals surface area contributed by atoms with E-state index in [1.807, 2.05) is 12.1 Å². The first kappa shape index (κ1) is 22.7. The van der Waals surface area contributed by atoms with Crippen molar-refractivity contribution in [3.63, 3.8) is 0 Å². The average Bonchev–Trinajstić information content (AvgIpc) is 2.90. The summed E-state index contributed by atoms with van der Waals surface area (Å²) in [6.45, 7) is 0. The van der Waals surface area contributed by atoms with Crippen molar-refractivity contribution in [2.24, 2.45) is 0 Å². The molecular formula is C17H13Cl3Ti. The largest absolute Gasteiger partial charge is 4.00 e. The molecule has 0 bridgehead atoms. The third-order valence-electron chi connectivity index (χ3n) is 2.97. The van der Waals surface area contributed by atoms with Crippen LogP contribution in [-0.2, 0) is 21.7 Å². The van der Waals surface area contributed by atoms with E-state index in [1.54, 1.807) is 0 Å². The van der Waals surface area contributed by atoms with Crippen molar-refractivity contribution in [3.8, 4) is 22.3 Å². The first-order valence-electron chi connectivity index (χ1n) is 5.81. The van der Waals surface area contributed by atoms with E-state index in [-0.39, 0.29) is 58.9 Å². The standard InChI is InChI=1S/C17H13.3ClH.Ti/c1-3-7-14(8-4-1)16-11-12-17(13-16)15-9-5-2-6-10-15;;;;/h1-13H;3*1H;/q-1;;;;+4/p-3. The molecule has 3 aromatic carbocycles. The van der Waals surface area contributed by atoms with E-state index >= 15 is 0 Å². The quantitative estimate of drug-likeness (QED) is 0.316. The molecule has 0 nitrogen and oxygen atoms in total. The van der Waals surface area contributed by atoms with Gasteiger partial charge in [-0.1, -0.05) is 59.7 Å². The molecular weight excluding hydrogens is 358 g/mol. The van der Waals surface area contributed by atoms with Gasteiger partial charge in [0.1, 0.15) is 0 Å². The van der Waals surface area contributed by atoms with Gasteiger partial charge in [0.05, 0.1) is 0 Å². The zero-order valence-electron chi connectivity index (χ0n) is 11.1. The summed E-state index contributed by atoms with van der Waals surface area (Å²) in [6, 6.07) is 27.6. The molecule has 0 atom stereocenters. The maximum atomic E-state index is 2.24. The van der Waals surface area contributed by atoms with Crippen molar-refractivity contribution in [2.75, 3.05) is 0 Å². The first-order chi connectivity index (χ1) is 8.43. The Labute approximate surface area is 159 Å². The van der Waals surface area contributed by atoms with Crippen LogP contribution in [0.5, 0.6) is 0 Å². The molecule has 21 heavy (non-hydrogen) atoms. The van der Waals surface area contributed by atoms with Crippen LogP contribution in [-0.4, -0.2) is 0 Å². The van der Waals surface area contributed by atoms with E-state index < -0.39 is 0 Å². The van der Waals surface area contributed by atoms with Gasteiger partial charge in [0.15, 0.2) is 0 Å². The van der Waals surface area contributed by atoms with Crippen LogP contribution in [0.3, 0.4) is 0 Å². The van der Waals surface area contributed by atoms with Crippen LogP contribution in [0.15, 0.2) is 78.9 Å². The van der Waals surface area contributed by atoms with Gasteiger partial charge < -0.3 is 37.2 Å².